The molecule has 0 aromatic heterocycles. The van der Waals surface area contributed by atoms with E-state index >= 15 is 0 Å². The van der Waals surface area contributed by atoms with Crippen molar-refractivity contribution in [3.63, 3.8) is 0 Å². The monoisotopic (exact) mass is 165 g/mol. The van der Waals surface area contributed by atoms with Crippen molar-refractivity contribution < 1.29 is 13.5 Å². The van der Waals surface area contributed by atoms with Gasteiger partial charge in [0.1, 0.15) is 0 Å². The first kappa shape index (κ1) is 8.87. The fourth-order valence-electron chi connectivity index (χ4n) is 1.11. The number of nitrogens with zero attached hydrogens (tertiary/aromatic N) is 1. The molecule has 2 atom stereocenters. The first-order valence-electron chi connectivity index (χ1n) is 3.77. The summed E-state index contributed by atoms with van der Waals surface area (Å²) < 4.78 is 29.4. The molecule has 1 fully saturated rings. The first-order valence-corrected chi connectivity index (χ1v) is 3.77. The molecule has 1 aliphatic rings. The van der Waals surface area contributed by atoms with Crippen LogP contribution in [0.25, 0.3) is 0 Å². The molecule has 2 nitrogen and oxygen atoms in total. The maximum absolute atomic E-state index is 12.5. The van der Waals surface area contributed by atoms with Crippen LogP contribution in [0.4, 0.5) is 8.78 Å². The molecule has 1 saturated heterocycles. The van der Waals surface area contributed by atoms with Crippen molar-refractivity contribution in [2.45, 2.75) is 32.6 Å². The maximum Gasteiger partial charge on any atom is 0.214 e. The highest BCUT2D eigenvalue weighted by molar-refractivity contribution is 4.70. The van der Waals surface area contributed by atoms with Gasteiger partial charge in [0.25, 0.3) is 0 Å². The number of hydrogen-bond donors (Lipinski definition) is 0. The normalized spacial score (nSPS) is 34.6. The van der Waals surface area contributed by atoms with E-state index in [0.717, 1.165) is 0 Å². The van der Waals surface area contributed by atoms with Crippen LogP contribution in [0.2, 0.25) is 0 Å². The van der Waals surface area contributed by atoms with Gasteiger partial charge in [0, 0.05) is 6.04 Å². The quantitative estimate of drug-likeness (QED) is 0.581. The van der Waals surface area contributed by atoms with Gasteiger partial charge in [0.05, 0.1) is 13.1 Å². The van der Waals surface area contributed by atoms with Gasteiger partial charge in [-0.2, -0.15) is 0 Å². The fourth-order valence-corrected chi connectivity index (χ4v) is 1.11. The molecule has 0 bridgehead atoms. The number of hydrogen-bond acceptors (Lipinski definition) is 2. The Kier molecular flexibility index (Phi) is 2.78. The summed E-state index contributed by atoms with van der Waals surface area (Å²) in [4.78, 5) is 1.72. The lowest BCUT2D eigenvalue weighted by Crippen LogP contribution is -2.47. The molecule has 0 saturated carbocycles. The van der Waals surface area contributed by atoms with Crippen LogP contribution in [-0.2, 0) is 4.74 Å². The van der Waals surface area contributed by atoms with E-state index in [1.807, 2.05) is 13.8 Å². The molecule has 0 radical (unpaired) electrons. The van der Waals surface area contributed by atoms with Gasteiger partial charge in [-0.05, 0) is 13.8 Å². The first-order chi connectivity index (χ1) is 5.09. The third kappa shape index (κ3) is 2.38. The second-order valence-electron chi connectivity index (χ2n) is 3.00. The molecule has 11 heavy (non-hydrogen) atoms. The van der Waals surface area contributed by atoms with Crippen LogP contribution in [-0.4, -0.2) is 36.7 Å². The van der Waals surface area contributed by atoms with Crippen LogP contribution in [0.1, 0.15) is 13.8 Å². The minimum atomic E-state index is -1.47. The SMILES string of the molecule is CC(C)N1CC(F)OC(F)C1. The van der Waals surface area contributed by atoms with Crippen LogP contribution < -0.4 is 0 Å². The largest absolute Gasteiger partial charge is 0.311 e. The van der Waals surface area contributed by atoms with Gasteiger partial charge in [0.2, 0.25) is 12.7 Å². The van der Waals surface area contributed by atoms with E-state index in [9.17, 15) is 8.78 Å². The molecule has 66 valence electrons. The molecule has 0 N–H and O–H groups in total. The van der Waals surface area contributed by atoms with E-state index < -0.39 is 12.7 Å². The van der Waals surface area contributed by atoms with Crippen molar-refractivity contribution in [1.29, 1.82) is 0 Å². The lowest BCUT2D eigenvalue weighted by atomic mass is 10.3. The summed E-state index contributed by atoms with van der Waals surface area (Å²) in [5.41, 5.74) is 0. The maximum atomic E-state index is 12.5. The molecule has 4 heteroatoms. The molecule has 0 amide bonds. The van der Waals surface area contributed by atoms with Crippen LogP contribution in [0, 0.1) is 0 Å². The van der Waals surface area contributed by atoms with E-state index in [1.165, 1.54) is 0 Å². The van der Waals surface area contributed by atoms with Gasteiger partial charge in [-0.1, -0.05) is 0 Å². The van der Waals surface area contributed by atoms with E-state index in [2.05, 4.69) is 4.74 Å². The van der Waals surface area contributed by atoms with Crippen LogP contribution >= 0.6 is 0 Å². The Balaban J connectivity index is 2.43. The summed E-state index contributed by atoms with van der Waals surface area (Å²) >= 11 is 0. The standard InChI is InChI=1S/C7H13F2NO/c1-5(2)10-3-6(8)11-7(9)4-10/h5-7H,3-4H2,1-2H3. The van der Waals surface area contributed by atoms with Crippen molar-refractivity contribution in [3.8, 4) is 0 Å². The predicted molar refractivity (Wildman–Crippen MR) is 37.6 cm³/mol. The summed E-state index contributed by atoms with van der Waals surface area (Å²) in [7, 11) is 0. The Morgan fingerprint density at radius 3 is 2.09 bits per heavy atom. The molecule has 0 aromatic carbocycles. The average Bonchev–Trinajstić information content (AvgIpc) is 1.85. The Labute approximate surface area is 65.1 Å². The Bertz CT molecular complexity index is 122. The van der Waals surface area contributed by atoms with Crippen molar-refractivity contribution in [2.75, 3.05) is 13.1 Å². The van der Waals surface area contributed by atoms with E-state index in [0.29, 0.717) is 0 Å². The van der Waals surface area contributed by atoms with Gasteiger partial charge in [0.15, 0.2) is 0 Å². The molecule has 0 aliphatic carbocycles. The second-order valence-corrected chi connectivity index (χ2v) is 3.00. The van der Waals surface area contributed by atoms with E-state index in [4.69, 9.17) is 0 Å². The van der Waals surface area contributed by atoms with Gasteiger partial charge in [-0.15, -0.1) is 0 Å². The van der Waals surface area contributed by atoms with Crippen molar-refractivity contribution in [1.82, 2.24) is 4.90 Å². The molecule has 0 spiro atoms. The zero-order valence-corrected chi connectivity index (χ0v) is 6.76. The number of morpholine rings is 1. The van der Waals surface area contributed by atoms with Gasteiger partial charge >= 0.3 is 0 Å². The number of alkyl halides is 2. The Hall–Kier alpha value is -0.220. The Morgan fingerprint density at radius 2 is 1.73 bits per heavy atom. The lowest BCUT2D eigenvalue weighted by Gasteiger charge is -2.33. The smallest absolute Gasteiger partial charge is 0.214 e. The summed E-state index contributed by atoms with van der Waals surface area (Å²) in [5, 5.41) is 0. The molecular formula is C7H13F2NO. The third-order valence-electron chi connectivity index (χ3n) is 1.78. The Morgan fingerprint density at radius 1 is 1.27 bits per heavy atom. The third-order valence-corrected chi connectivity index (χ3v) is 1.78. The molecular weight excluding hydrogens is 152 g/mol. The number of rotatable bonds is 1. The van der Waals surface area contributed by atoms with Crippen molar-refractivity contribution in [3.05, 3.63) is 0 Å². The summed E-state index contributed by atoms with van der Waals surface area (Å²) in [6, 6.07) is 0.176. The fraction of sp³-hybridized carbons (Fsp3) is 1.00. The molecule has 1 aliphatic heterocycles. The topological polar surface area (TPSA) is 12.5 Å². The minimum Gasteiger partial charge on any atom is -0.311 e. The highest BCUT2D eigenvalue weighted by Gasteiger charge is 2.28. The van der Waals surface area contributed by atoms with Crippen molar-refractivity contribution >= 4 is 0 Å². The molecule has 1 heterocycles. The van der Waals surface area contributed by atoms with Crippen LogP contribution in [0.5, 0.6) is 0 Å². The van der Waals surface area contributed by atoms with E-state index in [1.54, 1.807) is 4.90 Å². The van der Waals surface area contributed by atoms with Crippen molar-refractivity contribution in [2.24, 2.45) is 0 Å². The zero-order valence-electron chi connectivity index (χ0n) is 6.76. The lowest BCUT2D eigenvalue weighted by molar-refractivity contribution is -0.193. The summed E-state index contributed by atoms with van der Waals surface area (Å²) in [6.07, 6.45) is -2.94. The highest BCUT2D eigenvalue weighted by Crippen LogP contribution is 2.14. The highest BCUT2D eigenvalue weighted by atomic mass is 19.2. The number of halogens is 2. The average molecular weight is 165 g/mol. The summed E-state index contributed by atoms with van der Waals surface area (Å²) in [5.74, 6) is 0. The molecule has 2 unspecified atom stereocenters. The van der Waals surface area contributed by atoms with Crippen LogP contribution in [0.3, 0.4) is 0 Å². The van der Waals surface area contributed by atoms with E-state index in [-0.39, 0.29) is 19.1 Å². The zero-order chi connectivity index (χ0) is 8.43. The molecule has 1 rings (SSSR count). The predicted octanol–water partition coefficient (Wildman–Crippen LogP) is 1.32. The van der Waals surface area contributed by atoms with Gasteiger partial charge in [-0.3, -0.25) is 4.90 Å². The second kappa shape index (κ2) is 3.45. The van der Waals surface area contributed by atoms with Crippen LogP contribution in [0.15, 0.2) is 0 Å². The molecule has 0 aromatic rings. The minimum absolute atomic E-state index is 0.176. The van der Waals surface area contributed by atoms with Gasteiger partial charge in [-0.25, -0.2) is 8.78 Å². The number of ether oxygens (including phenoxy) is 1. The summed E-state index contributed by atoms with van der Waals surface area (Å²) in [6.45, 7) is 4.17. The van der Waals surface area contributed by atoms with Gasteiger partial charge < -0.3 is 4.74 Å².